The van der Waals surface area contributed by atoms with E-state index in [0.29, 0.717) is 15.7 Å². The number of aromatic nitrogens is 1. The highest BCUT2D eigenvalue weighted by atomic mass is 35.5. The minimum Gasteiger partial charge on any atom is -0.293 e. The van der Waals surface area contributed by atoms with Crippen LogP contribution in [-0.4, -0.2) is 10.8 Å². The van der Waals surface area contributed by atoms with Crippen molar-refractivity contribution in [1.82, 2.24) is 4.98 Å². The van der Waals surface area contributed by atoms with Gasteiger partial charge in [-0.1, -0.05) is 35.3 Å². The molecule has 1 aromatic carbocycles. The van der Waals surface area contributed by atoms with Gasteiger partial charge in [-0.3, -0.25) is 4.79 Å². The summed E-state index contributed by atoms with van der Waals surface area (Å²) in [7, 11) is 0. The molecular weight excluding hydrogens is 293 g/mol. The first-order valence-electron chi connectivity index (χ1n) is 6.47. The van der Waals surface area contributed by atoms with E-state index in [1.165, 1.54) is 0 Å². The van der Waals surface area contributed by atoms with Gasteiger partial charge in [0.15, 0.2) is 5.78 Å². The Kier molecular flexibility index (Phi) is 3.31. The van der Waals surface area contributed by atoms with E-state index >= 15 is 0 Å². The molecule has 0 N–H and O–H groups in total. The first-order chi connectivity index (χ1) is 9.50. The second kappa shape index (κ2) is 4.87. The monoisotopic (exact) mass is 305 g/mol. The number of benzene rings is 1. The fourth-order valence-electron chi connectivity index (χ4n) is 2.74. The van der Waals surface area contributed by atoms with Crippen molar-refractivity contribution < 1.29 is 4.79 Å². The van der Waals surface area contributed by atoms with Gasteiger partial charge in [0.2, 0.25) is 0 Å². The van der Waals surface area contributed by atoms with Gasteiger partial charge in [-0.2, -0.15) is 0 Å². The van der Waals surface area contributed by atoms with Gasteiger partial charge in [0.1, 0.15) is 5.15 Å². The summed E-state index contributed by atoms with van der Waals surface area (Å²) < 4.78 is 0. The first-order valence-corrected chi connectivity index (χ1v) is 7.22. The third-order valence-electron chi connectivity index (χ3n) is 4.03. The molecule has 1 unspecified atom stereocenters. The van der Waals surface area contributed by atoms with E-state index in [2.05, 4.69) is 4.98 Å². The zero-order valence-corrected chi connectivity index (χ0v) is 12.5. The average Bonchev–Trinajstić information content (AvgIpc) is 2.44. The Morgan fingerprint density at radius 1 is 1.10 bits per heavy atom. The molecule has 3 rings (SSSR count). The summed E-state index contributed by atoms with van der Waals surface area (Å²) in [5.41, 5.74) is 1.95. The maximum Gasteiger partial charge on any atom is 0.174 e. The molecule has 1 aromatic heterocycles. The van der Waals surface area contributed by atoms with Crippen molar-refractivity contribution in [3.63, 3.8) is 0 Å². The molecule has 1 aliphatic carbocycles. The molecule has 0 saturated carbocycles. The number of carbonyl (C=O) groups excluding carboxylic acids is 1. The molecule has 1 heterocycles. The van der Waals surface area contributed by atoms with E-state index in [9.17, 15) is 4.79 Å². The SMILES string of the molecule is CC1(c2ccc(Cl)cc2)CCc2nc(Cl)ccc2C1=O. The average molecular weight is 306 g/mol. The van der Waals surface area contributed by atoms with Crippen molar-refractivity contribution in [2.75, 3.05) is 0 Å². The highest BCUT2D eigenvalue weighted by Gasteiger charge is 2.40. The van der Waals surface area contributed by atoms with E-state index in [1.807, 2.05) is 31.2 Å². The van der Waals surface area contributed by atoms with Crippen LogP contribution in [0, 0.1) is 0 Å². The zero-order chi connectivity index (χ0) is 14.3. The van der Waals surface area contributed by atoms with Crippen LogP contribution < -0.4 is 0 Å². The topological polar surface area (TPSA) is 30.0 Å². The van der Waals surface area contributed by atoms with Crippen molar-refractivity contribution in [2.24, 2.45) is 0 Å². The number of ketones is 1. The van der Waals surface area contributed by atoms with E-state index in [1.54, 1.807) is 12.1 Å². The lowest BCUT2D eigenvalue weighted by Gasteiger charge is -2.33. The Balaban J connectivity index is 2.06. The molecule has 0 spiro atoms. The number of nitrogens with zero attached hydrogens (tertiary/aromatic N) is 1. The summed E-state index contributed by atoms with van der Waals surface area (Å²) in [6.45, 7) is 1.98. The summed E-state index contributed by atoms with van der Waals surface area (Å²) in [4.78, 5) is 17.1. The van der Waals surface area contributed by atoms with Crippen LogP contribution in [0.1, 0.15) is 35.0 Å². The minimum atomic E-state index is -0.521. The van der Waals surface area contributed by atoms with E-state index in [0.717, 1.165) is 24.1 Å². The third-order valence-corrected chi connectivity index (χ3v) is 4.49. The van der Waals surface area contributed by atoms with Crippen molar-refractivity contribution in [3.05, 3.63) is 63.4 Å². The number of Topliss-reactive ketones (excluding diaryl/α,β-unsaturated/α-hetero) is 1. The highest BCUT2D eigenvalue weighted by Crippen LogP contribution is 2.38. The first kappa shape index (κ1) is 13.6. The second-order valence-corrected chi connectivity index (χ2v) is 6.12. The molecule has 2 nitrogen and oxygen atoms in total. The van der Waals surface area contributed by atoms with Crippen LogP contribution in [0.3, 0.4) is 0 Å². The standard InChI is InChI=1S/C16H13Cl2NO/c1-16(10-2-4-11(17)5-3-10)9-8-13-12(15(16)20)6-7-14(18)19-13/h2-7H,8-9H2,1H3. The Bertz CT molecular complexity index is 681. The quantitative estimate of drug-likeness (QED) is 0.727. The molecule has 0 bridgehead atoms. The van der Waals surface area contributed by atoms with Gasteiger partial charge in [-0.25, -0.2) is 4.98 Å². The van der Waals surface area contributed by atoms with E-state index in [-0.39, 0.29) is 5.78 Å². The Hall–Kier alpha value is -1.38. The summed E-state index contributed by atoms with van der Waals surface area (Å²) in [5, 5.41) is 1.11. The van der Waals surface area contributed by atoms with Gasteiger partial charge in [0.05, 0.1) is 11.1 Å². The largest absolute Gasteiger partial charge is 0.293 e. The molecule has 0 saturated heterocycles. The van der Waals surface area contributed by atoms with Crippen LogP contribution in [-0.2, 0) is 11.8 Å². The summed E-state index contributed by atoms with van der Waals surface area (Å²) in [6, 6.07) is 10.9. The second-order valence-electron chi connectivity index (χ2n) is 5.30. The fourth-order valence-corrected chi connectivity index (χ4v) is 3.04. The van der Waals surface area contributed by atoms with Crippen LogP contribution in [0.5, 0.6) is 0 Å². The number of rotatable bonds is 1. The van der Waals surface area contributed by atoms with Crippen molar-refractivity contribution >= 4 is 29.0 Å². The molecule has 102 valence electrons. The molecule has 1 atom stereocenters. The number of pyridine rings is 1. The number of carbonyl (C=O) groups is 1. The summed E-state index contributed by atoms with van der Waals surface area (Å²) >= 11 is 11.8. The Labute approximate surface area is 127 Å². The Morgan fingerprint density at radius 3 is 2.50 bits per heavy atom. The maximum absolute atomic E-state index is 12.8. The van der Waals surface area contributed by atoms with Crippen LogP contribution in [0.4, 0.5) is 0 Å². The molecule has 4 heteroatoms. The van der Waals surface area contributed by atoms with Crippen molar-refractivity contribution in [1.29, 1.82) is 0 Å². The van der Waals surface area contributed by atoms with Gasteiger partial charge in [-0.05, 0) is 49.6 Å². The van der Waals surface area contributed by atoms with Crippen molar-refractivity contribution in [2.45, 2.75) is 25.2 Å². The van der Waals surface area contributed by atoms with Gasteiger partial charge < -0.3 is 0 Å². The highest BCUT2D eigenvalue weighted by molar-refractivity contribution is 6.30. The van der Waals surface area contributed by atoms with Crippen molar-refractivity contribution in [3.8, 4) is 0 Å². The third kappa shape index (κ3) is 2.13. The normalized spacial score (nSPS) is 21.6. The molecular formula is C16H13Cl2NO. The van der Waals surface area contributed by atoms with E-state index in [4.69, 9.17) is 23.2 Å². The maximum atomic E-state index is 12.8. The minimum absolute atomic E-state index is 0.102. The summed E-state index contributed by atoms with van der Waals surface area (Å²) in [5.74, 6) is 0.102. The van der Waals surface area contributed by atoms with E-state index < -0.39 is 5.41 Å². The lowest BCUT2D eigenvalue weighted by atomic mass is 9.69. The predicted molar refractivity (Wildman–Crippen MR) is 80.7 cm³/mol. The molecule has 1 aliphatic rings. The lowest BCUT2D eigenvalue weighted by molar-refractivity contribution is 0.0874. The lowest BCUT2D eigenvalue weighted by Crippen LogP contribution is -2.37. The number of hydrogen-bond acceptors (Lipinski definition) is 2. The number of fused-ring (bicyclic) bond motifs is 1. The number of hydrogen-bond donors (Lipinski definition) is 0. The smallest absolute Gasteiger partial charge is 0.174 e. The van der Waals surface area contributed by atoms with Crippen LogP contribution in [0.25, 0.3) is 0 Å². The predicted octanol–water partition coefficient (Wildman–Crippen LogP) is 4.48. The van der Waals surface area contributed by atoms with Crippen LogP contribution in [0.15, 0.2) is 36.4 Å². The van der Waals surface area contributed by atoms with Crippen LogP contribution in [0.2, 0.25) is 10.2 Å². The molecule has 2 aromatic rings. The van der Waals surface area contributed by atoms with Gasteiger partial charge in [0.25, 0.3) is 0 Å². The molecule has 0 amide bonds. The fraction of sp³-hybridized carbons (Fsp3) is 0.250. The summed E-state index contributed by atoms with van der Waals surface area (Å²) in [6.07, 6.45) is 1.48. The number of aryl methyl sites for hydroxylation is 1. The molecule has 20 heavy (non-hydrogen) atoms. The molecule has 0 fully saturated rings. The van der Waals surface area contributed by atoms with Crippen LogP contribution >= 0.6 is 23.2 Å². The van der Waals surface area contributed by atoms with Gasteiger partial charge in [-0.15, -0.1) is 0 Å². The zero-order valence-electron chi connectivity index (χ0n) is 11.0. The Morgan fingerprint density at radius 2 is 1.80 bits per heavy atom. The molecule has 0 radical (unpaired) electrons. The number of halogens is 2. The molecule has 0 aliphatic heterocycles. The van der Waals surface area contributed by atoms with Gasteiger partial charge >= 0.3 is 0 Å². The van der Waals surface area contributed by atoms with Gasteiger partial charge in [0, 0.05) is 10.6 Å².